The number of fused-ring (bicyclic) bond motifs is 2. The predicted molar refractivity (Wildman–Crippen MR) is 139 cm³/mol. The van der Waals surface area contributed by atoms with Crippen LogP contribution in [0.5, 0.6) is 0 Å². The van der Waals surface area contributed by atoms with Crippen LogP contribution in [0.4, 0.5) is 4.79 Å². The number of aryl methyl sites for hydroxylation is 1. The number of cyclic esters (lactones) is 1. The monoisotopic (exact) mass is 481 g/mol. The molecule has 176 valence electrons. The van der Waals surface area contributed by atoms with E-state index in [2.05, 4.69) is 36.4 Å². The van der Waals surface area contributed by atoms with E-state index in [1.165, 1.54) is 26.5 Å². The van der Waals surface area contributed by atoms with Crippen LogP contribution in [0, 0.1) is 5.92 Å². The molecule has 3 atom stereocenters. The minimum absolute atomic E-state index is 0.0425. The van der Waals surface area contributed by atoms with Gasteiger partial charge in [0, 0.05) is 16.6 Å². The number of carbonyl (C=O) groups is 2. The number of carbonyl (C=O) groups excluding carboxylic acids is 2. The Hall–Kier alpha value is -3.31. The first kappa shape index (κ1) is 22.2. The van der Waals surface area contributed by atoms with Crippen LogP contribution >= 0.6 is 11.8 Å². The molecule has 6 rings (SSSR count). The van der Waals surface area contributed by atoms with Gasteiger partial charge in [0.15, 0.2) is 0 Å². The lowest BCUT2D eigenvalue weighted by Crippen LogP contribution is -2.46. The van der Waals surface area contributed by atoms with Crippen molar-refractivity contribution in [1.82, 2.24) is 4.90 Å². The van der Waals surface area contributed by atoms with Crippen LogP contribution in [0.1, 0.15) is 34.6 Å². The van der Waals surface area contributed by atoms with Crippen LogP contribution in [-0.2, 0) is 22.4 Å². The number of nitrogens with zero attached hydrogens (tertiary/aromatic N) is 1. The number of ether oxygens (including phenoxy) is 1. The molecule has 35 heavy (non-hydrogen) atoms. The number of benzene rings is 3. The molecule has 0 saturated carbocycles. The highest BCUT2D eigenvalue weighted by molar-refractivity contribution is 8.08. The molecule has 0 radical (unpaired) electrons. The number of allylic oxidation sites excluding steroid dienone is 1. The van der Waals surface area contributed by atoms with E-state index in [0.717, 1.165) is 24.0 Å². The van der Waals surface area contributed by atoms with Crippen molar-refractivity contribution in [3.63, 3.8) is 0 Å². The van der Waals surface area contributed by atoms with Gasteiger partial charge in [0.05, 0.1) is 12.0 Å². The van der Waals surface area contributed by atoms with Crippen molar-refractivity contribution < 1.29 is 14.3 Å². The van der Waals surface area contributed by atoms with Gasteiger partial charge >= 0.3 is 6.09 Å². The molecule has 1 aliphatic carbocycles. The number of hydrogen-bond donors (Lipinski definition) is 0. The van der Waals surface area contributed by atoms with E-state index in [1.807, 2.05) is 48.5 Å². The third kappa shape index (κ3) is 4.08. The van der Waals surface area contributed by atoms with Gasteiger partial charge in [0.2, 0.25) is 5.91 Å². The molecule has 4 nitrogen and oxygen atoms in total. The normalized spacial score (nSPS) is 23.5. The fourth-order valence-corrected chi connectivity index (χ4v) is 7.20. The van der Waals surface area contributed by atoms with Gasteiger partial charge in [0.25, 0.3) is 0 Å². The second-order valence-corrected chi connectivity index (χ2v) is 10.5. The molecule has 0 bridgehead atoms. The Morgan fingerprint density at radius 3 is 2.43 bits per heavy atom. The molecule has 3 aromatic carbocycles. The zero-order valence-corrected chi connectivity index (χ0v) is 20.2. The summed E-state index contributed by atoms with van der Waals surface area (Å²) in [6.45, 7) is 0.247. The van der Waals surface area contributed by atoms with Crippen LogP contribution in [0.2, 0.25) is 0 Å². The van der Waals surface area contributed by atoms with Gasteiger partial charge in [-0.2, -0.15) is 0 Å². The lowest BCUT2D eigenvalue weighted by Gasteiger charge is -2.39. The molecule has 2 amide bonds. The van der Waals surface area contributed by atoms with Gasteiger partial charge in [-0.25, -0.2) is 9.69 Å². The Balaban J connectivity index is 1.37. The van der Waals surface area contributed by atoms with Gasteiger partial charge < -0.3 is 4.74 Å². The third-order valence-corrected chi connectivity index (χ3v) is 8.69. The van der Waals surface area contributed by atoms with Crippen molar-refractivity contribution in [3.05, 3.63) is 113 Å². The molecule has 2 heterocycles. The molecule has 0 N–H and O–H groups in total. The minimum atomic E-state index is -0.512. The summed E-state index contributed by atoms with van der Waals surface area (Å²) in [6.07, 6.45) is 2.00. The second-order valence-electron chi connectivity index (χ2n) is 9.45. The SMILES string of the molecule is O=C1OC[C@H](Cc2ccccc2)N1C(=O)C1CSC2=C(CCc3ccccc32)C1c1ccccc1. The topological polar surface area (TPSA) is 46.6 Å². The van der Waals surface area contributed by atoms with Gasteiger partial charge in [-0.05, 0) is 47.1 Å². The van der Waals surface area contributed by atoms with Crippen LogP contribution in [0.25, 0.3) is 4.91 Å². The molecule has 3 aromatic rings. The van der Waals surface area contributed by atoms with E-state index in [9.17, 15) is 9.59 Å². The molecule has 1 fully saturated rings. The van der Waals surface area contributed by atoms with Crippen molar-refractivity contribution in [2.45, 2.75) is 31.2 Å². The van der Waals surface area contributed by atoms with Crippen molar-refractivity contribution in [2.75, 3.05) is 12.4 Å². The van der Waals surface area contributed by atoms with Crippen molar-refractivity contribution in [1.29, 1.82) is 0 Å². The van der Waals surface area contributed by atoms with E-state index in [1.54, 1.807) is 11.8 Å². The minimum Gasteiger partial charge on any atom is -0.447 e. The van der Waals surface area contributed by atoms with Crippen LogP contribution < -0.4 is 0 Å². The van der Waals surface area contributed by atoms with Gasteiger partial charge in [-0.3, -0.25) is 4.79 Å². The number of imide groups is 1. The van der Waals surface area contributed by atoms with Crippen LogP contribution in [0.15, 0.2) is 90.5 Å². The fraction of sp³-hybridized carbons (Fsp3) is 0.267. The average Bonchev–Trinajstić information content (AvgIpc) is 3.28. The number of thioether (sulfide) groups is 1. The molecule has 0 aromatic heterocycles. The van der Waals surface area contributed by atoms with Gasteiger partial charge in [0.1, 0.15) is 6.61 Å². The van der Waals surface area contributed by atoms with Gasteiger partial charge in [-0.1, -0.05) is 84.9 Å². The molecular formula is C30H27NO3S. The maximum atomic E-state index is 14.1. The Morgan fingerprint density at radius 1 is 0.914 bits per heavy atom. The lowest BCUT2D eigenvalue weighted by molar-refractivity contribution is -0.133. The summed E-state index contributed by atoms with van der Waals surface area (Å²) in [5.41, 5.74) is 6.25. The summed E-state index contributed by atoms with van der Waals surface area (Å²) in [4.78, 5) is 29.6. The zero-order chi connectivity index (χ0) is 23.8. The van der Waals surface area contributed by atoms with Gasteiger partial charge in [-0.15, -0.1) is 11.8 Å². The van der Waals surface area contributed by atoms with E-state index in [4.69, 9.17) is 4.74 Å². The van der Waals surface area contributed by atoms with Crippen molar-refractivity contribution in [2.24, 2.45) is 5.92 Å². The largest absolute Gasteiger partial charge is 0.447 e. The average molecular weight is 482 g/mol. The Labute approximate surface area is 210 Å². The van der Waals surface area contributed by atoms with Crippen LogP contribution in [-0.4, -0.2) is 35.3 Å². The summed E-state index contributed by atoms with van der Waals surface area (Å²) in [5, 5.41) is 0. The summed E-state index contributed by atoms with van der Waals surface area (Å²) >= 11 is 1.77. The quantitative estimate of drug-likeness (QED) is 0.453. The van der Waals surface area contributed by atoms with Crippen molar-refractivity contribution in [3.8, 4) is 0 Å². The first-order valence-electron chi connectivity index (χ1n) is 12.2. The Morgan fingerprint density at radius 2 is 1.63 bits per heavy atom. The first-order valence-corrected chi connectivity index (χ1v) is 13.2. The lowest BCUT2D eigenvalue weighted by atomic mass is 9.75. The zero-order valence-electron chi connectivity index (χ0n) is 19.4. The number of hydrogen-bond acceptors (Lipinski definition) is 4. The molecule has 0 spiro atoms. The van der Waals surface area contributed by atoms with E-state index in [-0.39, 0.29) is 30.4 Å². The fourth-order valence-electron chi connectivity index (χ4n) is 5.75. The third-order valence-electron chi connectivity index (χ3n) is 7.39. The van der Waals surface area contributed by atoms with Crippen LogP contribution in [0.3, 0.4) is 0 Å². The highest BCUT2D eigenvalue weighted by Gasteiger charge is 2.46. The molecule has 1 saturated heterocycles. The number of rotatable bonds is 4. The summed E-state index contributed by atoms with van der Waals surface area (Å²) in [5.74, 6) is 0.183. The number of amides is 2. The molecule has 2 unspecified atom stereocenters. The Kier molecular flexibility index (Phi) is 5.95. The highest BCUT2D eigenvalue weighted by atomic mass is 32.2. The molecule has 3 aliphatic rings. The standard InChI is InChI=1S/C30H27NO3S/c32-29(31-23(18-34-30(31)33)17-20-9-3-1-4-10-20)26-19-35-28-24-14-8-7-11-21(24)15-16-25(28)27(26)22-12-5-2-6-13-22/h1-14,23,26-27H,15-19H2/t23-,26?,27?/m0/s1. The summed E-state index contributed by atoms with van der Waals surface area (Å²) in [6, 6.07) is 28.7. The maximum Gasteiger partial charge on any atom is 0.416 e. The van der Waals surface area contributed by atoms with E-state index < -0.39 is 6.09 Å². The summed E-state index contributed by atoms with van der Waals surface area (Å²) < 4.78 is 5.40. The molecule has 2 aliphatic heterocycles. The summed E-state index contributed by atoms with van der Waals surface area (Å²) in [7, 11) is 0. The first-order chi connectivity index (χ1) is 17.2. The van der Waals surface area contributed by atoms with E-state index >= 15 is 0 Å². The smallest absolute Gasteiger partial charge is 0.416 e. The Bertz CT molecular complexity index is 1290. The van der Waals surface area contributed by atoms with E-state index in [0.29, 0.717) is 12.2 Å². The molecule has 5 heteroatoms. The predicted octanol–water partition coefficient (Wildman–Crippen LogP) is 6.08. The van der Waals surface area contributed by atoms with Crippen molar-refractivity contribution >= 4 is 28.7 Å². The second kappa shape index (κ2) is 9.38. The maximum absolute atomic E-state index is 14.1. The highest BCUT2D eigenvalue weighted by Crippen LogP contribution is 2.52. The molecular weight excluding hydrogens is 454 g/mol.